The maximum atomic E-state index is 14.0. The van der Waals surface area contributed by atoms with Crippen molar-refractivity contribution in [1.29, 1.82) is 0 Å². The first kappa shape index (κ1) is 24.6. The number of nitrogens with zero attached hydrogens (tertiary/aromatic N) is 6. The lowest BCUT2D eigenvalue weighted by molar-refractivity contribution is -0.140. The van der Waals surface area contributed by atoms with E-state index in [2.05, 4.69) is 24.6 Å². The Morgan fingerprint density at radius 1 is 1.00 bits per heavy atom. The zero-order valence-corrected chi connectivity index (χ0v) is 20.6. The molecule has 7 nitrogen and oxygen atoms in total. The number of pyridine rings is 1. The summed E-state index contributed by atoms with van der Waals surface area (Å²) in [7, 11) is 0. The van der Waals surface area contributed by atoms with E-state index < -0.39 is 17.7 Å². The molecule has 0 saturated carbocycles. The molecule has 2 saturated heterocycles. The van der Waals surface area contributed by atoms with Gasteiger partial charge in [0.05, 0.1) is 18.8 Å². The summed E-state index contributed by atoms with van der Waals surface area (Å²) in [5.74, 6) is 0.508. The van der Waals surface area contributed by atoms with Crippen molar-refractivity contribution >= 4 is 17.4 Å². The van der Waals surface area contributed by atoms with Gasteiger partial charge < -0.3 is 9.64 Å². The Hall–Kier alpha value is -2.76. The second-order valence-electron chi connectivity index (χ2n) is 9.77. The zero-order valence-electron chi connectivity index (χ0n) is 19.9. The quantitative estimate of drug-likeness (QED) is 0.348. The van der Waals surface area contributed by atoms with Gasteiger partial charge in [0.25, 0.3) is 0 Å². The van der Waals surface area contributed by atoms with Crippen molar-refractivity contribution in [2.75, 3.05) is 31.2 Å². The predicted octanol–water partition coefficient (Wildman–Crippen LogP) is 4.96. The lowest BCUT2D eigenvalue weighted by Crippen LogP contribution is -2.34. The van der Waals surface area contributed by atoms with Crippen LogP contribution in [0.2, 0.25) is 5.02 Å². The third kappa shape index (κ3) is 4.68. The van der Waals surface area contributed by atoms with Crippen LogP contribution in [0.15, 0.2) is 30.3 Å². The van der Waals surface area contributed by atoms with Gasteiger partial charge in [-0.1, -0.05) is 11.6 Å². The van der Waals surface area contributed by atoms with Crippen LogP contribution >= 0.6 is 11.6 Å². The summed E-state index contributed by atoms with van der Waals surface area (Å²) in [6.07, 6.45) is -2.43. The lowest BCUT2D eigenvalue weighted by Gasteiger charge is -2.32. The van der Waals surface area contributed by atoms with Crippen molar-refractivity contribution in [2.45, 2.75) is 50.5 Å². The summed E-state index contributed by atoms with van der Waals surface area (Å²) in [4.78, 5) is 7.78. The first-order valence-electron chi connectivity index (χ1n) is 12.3. The monoisotopic (exact) mass is 536 g/mol. The second-order valence-corrected chi connectivity index (χ2v) is 10.2. The number of rotatable bonds is 3. The summed E-state index contributed by atoms with van der Waals surface area (Å²) in [6.45, 7) is 3.84. The van der Waals surface area contributed by atoms with Crippen molar-refractivity contribution in [3.63, 3.8) is 0 Å². The minimum absolute atomic E-state index is 0.0849. The van der Waals surface area contributed by atoms with E-state index in [1.807, 2.05) is 23.1 Å². The topological polar surface area (TPSA) is 59.3 Å². The minimum atomic E-state index is -4.77. The highest BCUT2D eigenvalue weighted by Crippen LogP contribution is 2.36. The summed E-state index contributed by atoms with van der Waals surface area (Å²) >= 11 is 6.36. The Morgan fingerprint density at radius 3 is 2.51 bits per heavy atom. The number of piperidine rings is 1. The number of benzene rings is 1. The molecule has 3 aromatic rings. The number of hydrogen-bond donors (Lipinski definition) is 0. The van der Waals surface area contributed by atoms with Gasteiger partial charge in [0.2, 0.25) is 5.95 Å². The molecule has 2 aromatic heterocycles. The third-order valence-corrected chi connectivity index (χ3v) is 7.74. The molecule has 1 aromatic carbocycles. The fraction of sp³-hybridized carbons (Fsp3) is 0.480. The smallest absolute Gasteiger partial charge is 0.380 e. The molecule has 3 aliphatic rings. The van der Waals surface area contributed by atoms with Crippen molar-refractivity contribution in [3.05, 3.63) is 64.1 Å². The van der Waals surface area contributed by atoms with E-state index >= 15 is 0 Å². The third-order valence-electron chi connectivity index (χ3n) is 7.50. The number of ether oxygens (including phenoxy) is 1. The second kappa shape index (κ2) is 9.52. The number of halogens is 5. The molecule has 5 heterocycles. The lowest BCUT2D eigenvalue weighted by atomic mass is 9.95. The number of anilines is 1. The molecule has 1 atom stereocenters. The van der Waals surface area contributed by atoms with Crippen LogP contribution in [0.3, 0.4) is 0 Å². The number of hydrogen-bond acceptors (Lipinski definition) is 6. The van der Waals surface area contributed by atoms with E-state index in [4.69, 9.17) is 16.3 Å². The molecule has 3 aliphatic heterocycles. The van der Waals surface area contributed by atoms with Crippen LogP contribution in [-0.2, 0) is 24.0 Å². The van der Waals surface area contributed by atoms with Crippen molar-refractivity contribution in [2.24, 2.45) is 0 Å². The maximum Gasteiger partial charge on any atom is 0.420 e. The van der Waals surface area contributed by atoms with Crippen LogP contribution in [0.4, 0.5) is 23.4 Å². The molecule has 0 N–H and O–H groups in total. The van der Waals surface area contributed by atoms with Crippen molar-refractivity contribution < 1.29 is 22.3 Å². The van der Waals surface area contributed by atoms with Gasteiger partial charge in [-0.15, -0.1) is 10.2 Å². The number of alkyl halides is 3. The first-order chi connectivity index (χ1) is 17.8. The fourth-order valence-electron chi connectivity index (χ4n) is 5.56. The first-order valence-corrected chi connectivity index (χ1v) is 12.7. The van der Waals surface area contributed by atoms with Crippen LogP contribution in [0.1, 0.15) is 48.0 Å². The SMILES string of the molecule is Fc1nc(N2CCC(c3nnc4n3-c3ccc(Cl)cc3CN([C@H]3CCOC3)C4)CC2)ccc1C(F)(F)F. The molecule has 37 heavy (non-hydrogen) atoms. The molecule has 0 unspecified atom stereocenters. The van der Waals surface area contributed by atoms with E-state index in [-0.39, 0.29) is 11.7 Å². The van der Waals surface area contributed by atoms with Gasteiger partial charge in [0.1, 0.15) is 17.2 Å². The number of aromatic nitrogens is 4. The van der Waals surface area contributed by atoms with Crippen LogP contribution in [0.25, 0.3) is 5.69 Å². The molecule has 0 amide bonds. The van der Waals surface area contributed by atoms with E-state index in [0.29, 0.717) is 50.1 Å². The van der Waals surface area contributed by atoms with Crippen LogP contribution in [0.5, 0.6) is 0 Å². The van der Waals surface area contributed by atoms with Gasteiger partial charge in [0.15, 0.2) is 5.82 Å². The van der Waals surface area contributed by atoms with E-state index in [1.165, 1.54) is 6.07 Å². The van der Waals surface area contributed by atoms with Gasteiger partial charge in [-0.3, -0.25) is 9.47 Å². The Kier molecular flexibility index (Phi) is 6.32. The molecule has 12 heteroatoms. The molecule has 0 aliphatic carbocycles. The molecule has 6 rings (SSSR count). The molecule has 196 valence electrons. The summed E-state index contributed by atoms with van der Waals surface area (Å²) in [6, 6.07) is 8.16. The minimum Gasteiger partial charge on any atom is -0.380 e. The largest absolute Gasteiger partial charge is 0.420 e. The van der Waals surface area contributed by atoms with Crippen molar-refractivity contribution in [1.82, 2.24) is 24.6 Å². The molecule has 0 spiro atoms. The van der Waals surface area contributed by atoms with Gasteiger partial charge in [-0.25, -0.2) is 4.98 Å². The van der Waals surface area contributed by atoms with Crippen LogP contribution < -0.4 is 4.90 Å². The Labute approximate surface area is 216 Å². The summed E-state index contributed by atoms with van der Waals surface area (Å²) in [5, 5.41) is 9.84. The molecule has 0 radical (unpaired) electrons. The molecule has 0 bridgehead atoms. The number of fused-ring (bicyclic) bond motifs is 3. The van der Waals surface area contributed by atoms with Crippen molar-refractivity contribution in [3.8, 4) is 5.69 Å². The Morgan fingerprint density at radius 2 is 1.81 bits per heavy atom. The van der Waals surface area contributed by atoms with E-state index in [1.54, 1.807) is 0 Å². The van der Waals surface area contributed by atoms with Gasteiger partial charge >= 0.3 is 6.18 Å². The van der Waals surface area contributed by atoms with Gasteiger partial charge in [0, 0.05) is 43.2 Å². The molecule has 2 fully saturated rings. The normalized spacial score (nSPS) is 21.1. The highest BCUT2D eigenvalue weighted by atomic mass is 35.5. The highest BCUT2D eigenvalue weighted by molar-refractivity contribution is 6.30. The average molecular weight is 537 g/mol. The van der Waals surface area contributed by atoms with Crippen LogP contribution in [-0.4, -0.2) is 57.0 Å². The predicted molar refractivity (Wildman–Crippen MR) is 128 cm³/mol. The van der Waals surface area contributed by atoms with Crippen LogP contribution in [0, 0.1) is 5.95 Å². The molecular weight excluding hydrogens is 512 g/mol. The zero-order chi connectivity index (χ0) is 25.7. The fourth-order valence-corrected chi connectivity index (χ4v) is 5.76. The molecular formula is C25H25ClF4N6O. The maximum absolute atomic E-state index is 14.0. The van der Waals surface area contributed by atoms with E-state index in [0.717, 1.165) is 48.5 Å². The van der Waals surface area contributed by atoms with E-state index in [9.17, 15) is 17.6 Å². The Bertz CT molecular complexity index is 1300. The standard InChI is InChI=1S/C25H25ClF4N6O/c26-17-1-3-20-16(11-17)12-35(18-7-10-37-14-18)13-22-32-33-24(36(20)22)15-5-8-34(9-6-15)21-4-2-19(23(27)31-21)25(28,29)30/h1-4,11,15,18H,5-10,12-14H2/t18-/m0/s1. The average Bonchev–Trinajstić information content (AvgIpc) is 3.51. The van der Waals surface area contributed by atoms with Gasteiger partial charge in [-0.2, -0.15) is 17.6 Å². The summed E-state index contributed by atoms with van der Waals surface area (Å²) in [5.41, 5.74) is 0.755. The van der Waals surface area contributed by atoms with Gasteiger partial charge in [-0.05, 0) is 55.2 Å². The summed E-state index contributed by atoms with van der Waals surface area (Å²) < 4.78 is 60.5. The Balaban J connectivity index is 1.25. The highest BCUT2D eigenvalue weighted by Gasteiger charge is 2.36.